The zero-order valence-corrected chi connectivity index (χ0v) is 18.3. The van der Waals surface area contributed by atoms with Gasteiger partial charge in [-0.15, -0.1) is 0 Å². The van der Waals surface area contributed by atoms with E-state index in [4.69, 9.17) is 9.26 Å². The summed E-state index contributed by atoms with van der Waals surface area (Å²) in [6.07, 6.45) is 4.53. The lowest BCUT2D eigenvalue weighted by atomic mass is 9.84. The van der Waals surface area contributed by atoms with Crippen LogP contribution >= 0.6 is 0 Å². The molecule has 0 unspecified atom stereocenters. The minimum Gasteiger partial charge on any atom is -0.497 e. The Morgan fingerprint density at radius 3 is 2.86 bits per heavy atom. The number of ether oxygens (including phenoxy) is 1. The predicted octanol–water partition coefficient (Wildman–Crippen LogP) is 5.26. The maximum atomic E-state index is 13.1. The van der Waals surface area contributed by atoms with Crippen LogP contribution in [-0.2, 0) is 4.79 Å². The minimum absolute atomic E-state index is 0.134. The number of aromatic nitrogens is 2. The van der Waals surface area contributed by atoms with Crippen LogP contribution < -0.4 is 4.74 Å². The van der Waals surface area contributed by atoms with Crippen molar-refractivity contribution in [3.05, 3.63) is 30.2 Å². The van der Waals surface area contributed by atoms with Crippen molar-refractivity contribution in [3.63, 3.8) is 0 Å². The zero-order valence-electron chi connectivity index (χ0n) is 18.3. The van der Waals surface area contributed by atoms with Gasteiger partial charge in [0.05, 0.1) is 7.11 Å². The highest BCUT2D eigenvalue weighted by molar-refractivity contribution is 5.77. The first-order valence-corrected chi connectivity index (χ1v) is 10.5. The van der Waals surface area contributed by atoms with Crippen LogP contribution in [0, 0.1) is 11.3 Å². The van der Waals surface area contributed by atoms with Crippen molar-refractivity contribution >= 4 is 5.91 Å². The van der Waals surface area contributed by atoms with Gasteiger partial charge in [-0.3, -0.25) is 4.79 Å². The molecule has 0 N–H and O–H groups in total. The topological polar surface area (TPSA) is 68.5 Å². The molecular formula is C23H33N3O3. The lowest BCUT2D eigenvalue weighted by molar-refractivity contribution is -0.136. The molecule has 2 heterocycles. The SMILES string of the molecule is COc1cccc(-c2noc([C@@H]3CCCCN3C(=O)C[C@@H](C)CC(C)(C)C)n2)c1. The average molecular weight is 400 g/mol. The Morgan fingerprint density at radius 2 is 2.14 bits per heavy atom. The second-order valence-corrected chi connectivity index (χ2v) is 9.36. The number of methoxy groups -OCH3 is 1. The van der Waals surface area contributed by atoms with E-state index in [2.05, 4.69) is 37.8 Å². The highest BCUT2D eigenvalue weighted by Crippen LogP contribution is 2.33. The standard InChI is InChI=1S/C23H33N3O3/c1-16(15-23(2,3)4)13-20(27)26-12-7-6-11-19(26)22-24-21(25-29-22)17-9-8-10-18(14-17)28-5/h8-10,14,16,19H,6-7,11-13,15H2,1-5H3/t16-,19+/m1/s1. The van der Waals surface area contributed by atoms with E-state index in [0.717, 1.165) is 43.5 Å². The van der Waals surface area contributed by atoms with Gasteiger partial charge in [0.2, 0.25) is 17.6 Å². The molecule has 2 atom stereocenters. The summed E-state index contributed by atoms with van der Waals surface area (Å²) in [5, 5.41) is 4.16. The lowest BCUT2D eigenvalue weighted by Gasteiger charge is -2.34. The fraction of sp³-hybridized carbons (Fsp3) is 0.609. The van der Waals surface area contributed by atoms with E-state index >= 15 is 0 Å². The second kappa shape index (κ2) is 8.97. The van der Waals surface area contributed by atoms with Crippen molar-refractivity contribution in [3.8, 4) is 17.1 Å². The molecule has 1 aliphatic heterocycles. The van der Waals surface area contributed by atoms with Gasteiger partial charge in [-0.1, -0.05) is 45.0 Å². The molecule has 0 bridgehead atoms. The average Bonchev–Trinajstić information content (AvgIpc) is 3.16. The van der Waals surface area contributed by atoms with Gasteiger partial charge in [0.25, 0.3) is 0 Å². The number of hydrogen-bond donors (Lipinski definition) is 0. The van der Waals surface area contributed by atoms with Crippen molar-refractivity contribution in [2.24, 2.45) is 11.3 Å². The molecule has 0 radical (unpaired) electrons. The fourth-order valence-corrected chi connectivity index (χ4v) is 4.27. The molecule has 6 heteroatoms. The fourth-order valence-electron chi connectivity index (χ4n) is 4.27. The Kier molecular flexibility index (Phi) is 6.60. The number of rotatable bonds is 6. The van der Waals surface area contributed by atoms with Crippen molar-refractivity contribution in [2.75, 3.05) is 13.7 Å². The molecule has 2 aromatic rings. The van der Waals surface area contributed by atoms with Crippen LogP contribution in [0.3, 0.4) is 0 Å². The van der Waals surface area contributed by atoms with E-state index in [1.807, 2.05) is 29.2 Å². The van der Waals surface area contributed by atoms with E-state index in [1.165, 1.54) is 0 Å². The van der Waals surface area contributed by atoms with Crippen LogP contribution in [0.1, 0.15) is 71.7 Å². The van der Waals surface area contributed by atoms with Gasteiger partial charge in [-0.2, -0.15) is 4.98 Å². The number of carbonyl (C=O) groups excluding carboxylic acids is 1. The van der Waals surface area contributed by atoms with Crippen LogP contribution in [-0.4, -0.2) is 34.6 Å². The van der Waals surface area contributed by atoms with E-state index in [-0.39, 0.29) is 17.4 Å². The molecule has 0 spiro atoms. The summed E-state index contributed by atoms with van der Waals surface area (Å²) in [6.45, 7) is 9.57. The minimum atomic E-state index is -0.134. The molecular weight excluding hydrogens is 366 g/mol. The largest absolute Gasteiger partial charge is 0.497 e. The summed E-state index contributed by atoms with van der Waals surface area (Å²) in [4.78, 5) is 19.6. The zero-order chi connectivity index (χ0) is 21.0. The number of likely N-dealkylation sites (tertiary alicyclic amines) is 1. The second-order valence-electron chi connectivity index (χ2n) is 9.36. The molecule has 158 valence electrons. The molecule has 1 aromatic carbocycles. The van der Waals surface area contributed by atoms with Gasteiger partial charge >= 0.3 is 0 Å². The summed E-state index contributed by atoms with van der Waals surface area (Å²) >= 11 is 0. The predicted molar refractivity (Wildman–Crippen MR) is 112 cm³/mol. The number of amides is 1. The van der Waals surface area contributed by atoms with E-state index < -0.39 is 0 Å². The third-order valence-electron chi connectivity index (χ3n) is 5.36. The summed E-state index contributed by atoms with van der Waals surface area (Å²) in [5.41, 5.74) is 1.06. The first-order valence-electron chi connectivity index (χ1n) is 10.5. The summed E-state index contributed by atoms with van der Waals surface area (Å²) in [6, 6.07) is 7.45. The number of piperidine rings is 1. The Hall–Kier alpha value is -2.37. The first-order chi connectivity index (χ1) is 13.8. The molecule has 6 nitrogen and oxygen atoms in total. The smallest absolute Gasteiger partial charge is 0.249 e. The Bertz CT molecular complexity index is 825. The van der Waals surface area contributed by atoms with Gasteiger partial charge < -0.3 is 14.2 Å². The van der Waals surface area contributed by atoms with Gasteiger partial charge in [-0.25, -0.2) is 0 Å². The Labute approximate surface area is 173 Å². The lowest BCUT2D eigenvalue weighted by Crippen LogP contribution is -2.39. The van der Waals surface area contributed by atoms with Crippen LogP contribution in [0.25, 0.3) is 11.4 Å². The Morgan fingerprint density at radius 1 is 1.34 bits per heavy atom. The van der Waals surface area contributed by atoms with Crippen LogP contribution in [0.2, 0.25) is 0 Å². The maximum Gasteiger partial charge on any atom is 0.249 e. The van der Waals surface area contributed by atoms with Crippen molar-refractivity contribution < 1.29 is 14.1 Å². The molecule has 29 heavy (non-hydrogen) atoms. The summed E-state index contributed by atoms with van der Waals surface area (Å²) in [7, 11) is 1.63. The maximum absolute atomic E-state index is 13.1. The molecule has 1 aliphatic rings. The monoisotopic (exact) mass is 399 g/mol. The summed E-state index contributed by atoms with van der Waals surface area (Å²) < 4.78 is 10.9. The third-order valence-corrected chi connectivity index (χ3v) is 5.36. The van der Waals surface area contributed by atoms with Crippen molar-refractivity contribution in [1.29, 1.82) is 0 Å². The molecule has 1 aromatic heterocycles. The highest BCUT2D eigenvalue weighted by atomic mass is 16.5. The molecule has 1 fully saturated rings. The van der Waals surface area contributed by atoms with E-state index in [0.29, 0.717) is 24.1 Å². The molecule has 0 aliphatic carbocycles. The van der Waals surface area contributed by atoms with Crippen LogP contribution in [0.5, 0.6) is 5.75 Å². The Balaban J connectivity index is 1.74. The molecule has 1 saturated heterocycles. The highest BCUT2D eigenvalue weighted by Gasteiger charge is 2.33. The number of hydrogen-bond acceptors (Lipinski definition) is 5. The van der Waals surface area contributed by atoms with E-state index in [1.54, 1.807) is 7.11 Å². The number of nitrogens with zero attached hydrogens (tertiary/aromatic N) is 3. The number of carbonyl (C=O) groups is 1. The number of benzene rings is 1. The van der Waals surface area contributed by atoms with Gasteiger partial charge in [0.15, 0.2) is 0 Å². The van der Waals surface area contributed by atoms with Gasteiger partial charge in [-0.05, 0) is 49.1 Å². The van der Waals surface area contributed by atoms with E-state index in [9.17, 15) is 4.79 Å². The molecule has 3 rings (SSSR count). The molecule has 0 saturated carbocycles. The quantitative estimate of drug-likeness (QED) is 0.662. The van der Waals surface area contributed by atoms with Gasteiger partial charge in [0, 0.05) is 18.5 Å². The first kappa shape index (κ1) is 21.3. The summed E-state index contributed by atoms with van der Waals surface area (Å²) in [5.74, 6) is 2.33. The normalized spacial score (nSPS) is 18.5. The van der Waals surface area contributed by atoms with Crippen molar-refractivity contribution in [1.82, 2.24) is 15.0 Å². The van der Waals surface area contributed by atoms with Crippen LogP contribution in [0.4, 0.5) is 0 Å². The van der Waals surface area contributed by atoms with Gasteiger partial charge in [0.1, 0.15) is 11.8 Å². The van der Waals surface area contributed by atoms with Crippen molar-refractivity contribution in [2.45, 2.75) is 65.8 Å². The van der Waals surface area contributed by atoms with Crippen LogP contribution in [0.15, 0.2) is 28.8 Å². The molecule has 1 amide bonds. The third kappa shape index (κ3) is 5.58.